The van der Waals surface area contributed by atoms with Gasteiger partial charge in [0.2, 0.25) is 0 Å². The molecule has 6 nitrogen and oxygen atoms in total. The topological polar surface area (TPSA) is 63.5 Å². The zero-order valence-electron chi connectivity index (χ0n) is 18.4. The molecule has 10 heteroatoms. The molecule has 0 unspecified atom stereocenters. The Bertz CT molecular complexity index is 1040. The normalized spacial score (nSPS) is 11.6. The van der Waals surface area contributed by atoms with Crippen LogP contribution >= 0.6 is 24.0 Å². The van der Waals surface area contributed by atoms with Gasteiger partial charge in [0.25, 0.3) is 0 Å². The van der Waals surface area contributed by atoms with Gasteiger partial charge in [0.15, 0.2) is 12.6 Å². The molecule has 1 aromatic heterocycles. The van der Waals surface area contributed by atoms with Gasteiger partial charge in [-0.1, -0.05) is 36.4 Å². The number of hydrogen-bond donors (Lipinski definition) is 2. The van der Waals surface area contributed by atoms with Crippen molar-refractivity contribution < 1.29 is 17.9 Å². The molecule has 2 N–H and O–H groups in total. The summed E-state index contributed by atoms with van der Waals surface area (Å²) >= 11 is 0. The molecule has 1 heterocycles. The molecule has 0 bridgehead atoms. The second kappa shape index (κ2) is 12.5. The van der Waals surface area contributed by atoms with Crippen molar-refractivity contribution >= 4 is 29.9 Å². The maximum atomic E-state index is 12.6. The van der Waals surface area contributed by atoms with E-state index in [1.165, 1.54) is 0 Å². The van der Waals surface area contributed by atoms with Crippen molar-refractivity contribution in [3.8, 4) is 5.75 Å². The second-order valence-corrected chi connectivity index (χ2v) is 7.27. The molecule has 0 saturated heterocycles. The van der Waals surface area contributed by atoms with Gasteiger partial charge < -0.3 is 15.4 Å². The summed E-state index contributed by atoms with van der Waals surface area (Å²) in [6.45, 7) is 1.92. The number of ether oxygens (including phenoxy) is 1. The van der Waals surface area contributed by atoms with Gasteiger partial charge in [0.1, 0.15) is 5.75 Å². The first-order valence-corrected chi connectivity index (χ1v) is 10.1. The summed E-state index contributed by atoms with van der Waals surface area (Å²) in [5.74, 6) is 0.732. The molecule has 0 aliphatic rings. The van der Waals surface area contributed by atoms with Gasteiger partial charge in [-0.05, 0) is 35.7 Å². The fraction of sp³-hybridized carbons (Fsp3) is 0.304. The van der Waals surface area contributed by atoms with Crippen molar-refractivity contribution in [2.45, 2.75) is 32.7 Å². The minimum atomic E-state index is -4.39. The summed E-state index contributed by atoms with van der Waals surface area (Å²) in [5, 5.41) is 10.6. The number of nitrogens with zero attached hydrogens (tertiary/aromatic N) is 3. The van der Waals surface area contributed by atoms with E-state index in [9.17, 15) is 13.2 Å². The molecule has 2 aromatic carbocycles. The maximum Gasteiger partial charge on any atom is 0.422 e. The Balaban J connectivity index is 0.00000385. The lowest BCUT2D eigenvalue weighted by molar-refractivity contribution is -0.153. The molecule has 0 saturated carbocycles. The Morgan fingerprint density at radius 1 is 1.03 bits per heavy atom. The van der Waals surface area contributed by atoms with Crippen LogP contribution in [0.5, 0.6) is 5.75 Å². The number of nitrogens with one attached hydrogen (secondary N) is 2. The molecule has 3 aromatic rings. The highest BCUT2D eigenvalue weighted by Crippen LogP contribution is 2.23. The van der Waals surface area contributed by atoms with Crippen molar-refractivity contribution in [2.75, 3.05) is 13.7 Å². The summed E-state index contributed by atoms with van der Waals surface area (Å²) in [7, 11) is 1.64. The number of hydrogen-bond acceptors (Lipinski definition) is 3. The lowest BCUT2D eigenvalue weighted by Crippen LogP contribution is -2.36. The molecule has 0 amide bonds. The molecule has 0 spiro atoms. The average molecular weight is 573 g/mol. The van der Waals surface area contributed by atoms with E-state index in [-0.39, 0.29) is 36.3 Å². The smallest absolute Gasteiger partial charge is 0.422 e. The van der Waals surface area contributed by atoms with Crippen LogP contribution in [0.15, 0.2) is 65.9 Å². The van der Waals surface area contributed by atoms with Gasteiger partial charge in [-0.3, -0.25) is 9.67 Å². The van der Waals surface area contributed by atoms with E-state index >= 15 is 0 Å². The van der Waals surface area contributed by atoms with Gasteiger partial charge in [0.05, 0.1) is 6.54 Å². The van der Waals surface area contributed by atoms with E-state index in [4.69, 9.17) is 4.74 Å². The number of benzene rings is 2. The highest BCUT2D eigenvalue weighted by atomic mass is 127. The van der Waals surface area contributed by atoms with Crippen molar-refractivity contribution in [3.63, 3.8) is 0 Å². The molecule has 0 fully saturated rings. The Morgan fingerprint density at radius 2 is 1.73 bits per heavy atom. The Kier molecular flexibility index (Phi) is 10.0. The average Bonchev–Trinajstić information content (AvgIpc) is 3.27. The van der Waals surface area contributed by atoms with Crippen LogP contribution in [0, 0.1) is 6.92 Å². The zero-order chi connectivity index (χ0) is 23.0. The van der Waals surface area contributed by atoms with E-state index in [0.717, 1.165) is 16.7 Å². The highest BCUT2D eigenvalue weighted by Gasteiger charge is 2.28. The van der Waals surface area contributed by atoms with E-state index < -0.39 is 12.8 Å². The molecule has 0 atom stereocenters. The molecule has 0 radical (unpaired) electrons. The minimum absolute atomic E-state index is 0. The third-order valence-corrected chi connectivity index (χ3v) is 4.74. The van der Waals surface area contributed by atoms with Gasteiger partial charge >= 0.3 is 6.18 Å². The molecular formula is C23H27F3IN5O. The first-order chi connectivity index (χ1) is 15.3. The van der Waals surface area contributed by atoms with Gasteiger partial charge in [0, 0.05) is 38.1 Å². The van der Waals surface area contributed by atoms with Gasteiger partial charge in [-0.2, -0.15) is 18.3 Å². The molecule has 0 aliphatic heterocycles. The van der Waals surface area contributed by atoms with Crippen molar-refractivity contribution in [1.29, 1.82) is 0 Å². The number of halogens is 4. The van der Waals surface area contributed by atoms with Crippen molar-refractivity contribution in [3.05, 3.63) is 83.2 Å². The van der Waals surface area contributed by atoms with Crippen LogP contribution in [0.4, 0.5) is 13.2 Å². The molecular weight excluding hydrogens is 546 g/mol. The number of aliphatic imine (C=N–C) groups is 1. The van der Waals surface area contributed by atoms with E-state index in [1.54, 1.807) is 32.3 Å². The van der Waals surface area contributed by atoms with Crippen LogP contribution in [0.1, 0.15) is 22.3 Å². The van der Waals surface area contributed by atoms with Gasteiger partial charge in [-0.15, -0.1) is 24.0 Å². The second-order valence-electron chi connectivity index (χ2n) is 7.27. The Hall–Kier alpha value is -2.76. The van der Waals surface area contributed by atoms with Crippen LogP contribution in [0.2, 0.25) is 0 Å². The van der Waals surface area contributed by atoms with Crippen LogP contribution in [0.25, 0.3) is 0 Å². The van der Waals surface area contributed by atoms with Crippen LogP contribution < -0.4 is 15.4 Å². The third-order valence-electron chi connectivity index (χ3n) is 4.74. The first kappa shape index (κ1) is 26.5. The molecule has 0 aliphatic carbocycles. The number of guanidine groups is 1. The fourth-order valence-electron chi connectivity index (χ4n) is 3.13. The first-order valence-electron chi connectivity index (χ1n) is 10.1. The predicted molar refractivity (Wildman–Crippen MR) is 133 cm³/mol. The lowest BCUT2D eigenvalue weighted by Gasteiger charge is -2.17. The summed E-state index contributed by atoms with van der Waals surface area (Å²) in [6.07, 6.45) is -0.745. The fourth-order valence-corrected chi connectivity index (χ4v) is 3.13. The van der Waals surface area contributed by atoms with E-state index in [1.807, 2.05) is 47.3 Å². The van der Waals surface area contributed by atoms with Crippen molar-refractivity contribution in [1.82, 2.24) is 20.4 Å². The van der Waals surface area contributed by atoms with Crippen LogP contribution in [0.3, 0.4) is 0 Å². The van der Waals surface area contributed by atoms with Crippen LogP contribution in [-0.2, 0) is 19.6 Å². The van der Waals surface area contributed by atoms with Gasteiger partial charge in [-0.25, -0.2) is 0 Å². The molecule has 178 valence electrons. The summed E-state index contributed by atoms with van der Waals surface area (Å²) in [6, 6.07) is 15.1. The molecule has 33 heavy (non-hydrogen) atoms. The highest BCUT2D eigenvalue weighted by molar-refractivity contribution is 14.0. The van der Waals surface area contributed by atoms with Crippen molar-refractivity contribution in [2.24, 2.45) is 4.99 Å². The maximum absolute atomic E-state index is 12.6. The number of aryl methyl sites for hydroxylation is 1. The Labute approximate surface area is 208 Å². The number of rotatable bonds is 8. The zero-order valence-corrected chi connectivity index (χ0v) is 20.7. The van der Waals surface area contributed by atoms with E-state index in [0.29, 0.717) is 24.6 Å². The SMILES string of the molecule is CN=C(NCc1ccccc1Cn1cccn1)NCc1ccc(C)cc1OCC(F)(F)F.I. The quantitative estimate of drug-likeness (QED) is 0.234. The van der Waals surface area contributed by atoms with Crippen LogP contribution in [-0.4, -0.2) is 35.6 Å². The number of aromatic nitrogens is 2. The van der Waals surface area contributed by atoms with E-state index in [2.05, 4.69) is 20.7 Å². The Morgan fingerprint density at radius 3 is 2.36 bits per heavy atom. The summed E-state index contributed by atoms with van der Waals surface area (Å²) in [5.41, 5.74) is 3.65. The minimum Gasteiger partial charge on any atom is -0.484 e. The summed E-state index contributed by atoms with van der Waals surface area (Å²) < 4.78 is 44.6. The largest absolute Gasteiger partial charge is 0.484 e. The monoisotopic (exact) mass is 573 g/mol. The predicted octanol–water partition coefficient (Wildman–Crippen LogP) is 4.66. The number of alkyl halides is 3. The third kappa shape index (κ3) is 8.60. The molecule has 3 rings (SSSR count). The lowest BCUT2D eigenvalue weighted by atomic mass is 10.1. The standard InChI is InChI=1S/C23H26F3N5O.HI/c1-17-8-9-19(21(12-17)32-16-23(24,25)26)14-29-22(27-2)28-13-18-6-3-4-7-20(18)15-31-11-5-10-30-31;/h3-12H,13-16H2,1-2H3,(H2,27,28,29);1H. The summed E-state index contributed by atoms with van der Waals surface area (Å²) in [4.78, 5) is 4.21.